The van der Waals surface area contributed by atoms with Crippen LogP contribution in [0.1, 0.15) is 17.5 Å². The van der Waals surface area contributed by atoms with E-state index in [9.17, 15) is 4.79 Å². The van der Waals surface area contributed by atoms with E-state index in [1.165, 1.54) is 6.33 Å². The van der Waals surface area contributed by atoms with Gasteiger partial charge in [-0.05, 0) is 61.0 Å². The molecule has 31 heavy (non-hydrogen) atoms. The number of hydrogen-bond acceptors (Lipinski definition) is 6. The van der Waals surface area contributed by atoms with Crippen LogP contribution in [0.25, 0.3) is 10.9 Å². The molecule has 0 bridgehead atoms. The number of fused-ring (bicyclic) bond motifs is 1. The van der Waals surface area contributed by atoms with Crippen LogP contribution < -0.4 is 15.8 Å². The van der Waals surface area contributed by atoms with E-state index in [0.29, 0.717) is 11.6 Å². The molecule has 2 aromatic heterocycles. The number of primary amides is 1. The van der Waals surface area contributed by atoms with Crippen LogP contribution in [0.5, 0.6) is 11.5 Å². The Morgan fingerprint density at radius 1 is 1.16 bits per heavy atom. The highest BCUT2D eigenvalue weighted by molar-refractivity contribution is 5.91. The average Bonchev–Trinajstić information content (AvgIpc) is 2.76. The van der Waals surface area contributed by atoms with Crippen molar-refractivity contribution in [3.05, 3.63) is 78.4 Å². The Bertz CT molecular complexity index is 1310. The van der Waals surface area contributed by atoms with E-state index in [4.69, 9.17) is 10.5 Å². The second-order valence-electron chi connectivity index (χ2n) is 6.80. The molecule has 2 aromatic carbocycles. The monoisotopic (exact) mass is 409 g/mol. The van der Waals surface area contributed by atoms with Crippen LogP contribution >= 0.6 is 0 Å². The van der Waals surface area contributed by atoms with Gasteiger partial charge in [0.15, 0.2) is 0 Å². The third kappa shape index (κ3) is 4.95. The number of nitrogens with one attached hydrogen (secondary N) is 1. The zero-order chi connectivity index (χ0) is 21.6. The summed E-state index contributed by atoms with van der Waals surface area (Å²) >= 11 is 0. The zero-order valence-electron chi connectivity index (χ0n) is 16.8. The molecule has 152 valence electrons. The molecule has 0 atom stereocenters. The number of carbonyl (C=O) groups is 1. The Morgan fingerprint density at radius 3 is 2.84 bits per heavy atom. The van der Waals surface area contributed by atoms with Crippen LogP contribution in [0.4, 0.5) is 11.5 Å². The normalized spacial score (nSPS) is 10.2. The molecule has 0 aliphatic rings. The lowest BCUT2D eigenvalue weighted by atomic mass is 10.1. The SMILES string of the molecule is Cc1cc(Nc2ncnc3ccc(C#CCC(N)=O)cc23)ccc1Oc1cccnc1. The number of carbonyl (C=O) groups excluding carboxylic acids is 1. The summed E-state index contributed by atoms with van der Waals surface area (Å²) in [6, 6.07) is 15.1. The van der Waals surface area contributed by atoms with Gasteiger partial charge < -0.3 is 15.8 Å². The Kier molecular flexibility index (Phi) is 5.72. The first-order valence-electron chi connectivity index (χ1n) is 9.56. The highest BCUT2D eigenvalue weighted by Crippen LogP contribution is 2.29. The number of pyridine rings is 1. The van der Waals surface area contributed by atoms with Gasteiger partial charge in [-0.15, -0.1) is 0 Å². The summed E-state index contributed by atoms with van der Waals surface area (Å²) in [5, 5.41) is 4.16. The smallest absolute Gasteiger partial charge is 0.229 e. The van der Waals surface area contributed by atoms with Crippen molar-refractivity contribution >= 4 is 28.3 Å². The fraction of sp³-hybridized carbons (Fsp3) is 0.0833. The molecule has 0 saturated heterocycles. The molecule has 4 aromatic rings. The van der Waals surface area contributed by atoms with E-state index in [-0.39, 0.29) is 6.42 Å². The summed E-state index contributed by atoms with van der Waals surface area (Å²) in [7, 11) is 0. The van der Waals surface area contributed by atoms with Crippen LogP contribution in [-0.2, 0) is 4.79 Å². The van der Waals surface area contributed by atoms with E-state index in [0.717, 1.165) is 33.5 Å². The van der Waals surface area contributed by atoms with E-state index in [2.05, 4.69) is 32.1 Å². The van der Waals surface area contributed by atoms with Crippen LogP contribution in [0.15, 0.2) is 67.3 Å². The molecule has 7 heteroatoms. The second kappa shape index (κ2) is 8.93. The number of hydrogen-bond donors (Lipinski definition) is 2. The Labute approximate surface area is 179 Å². The number of benzene rings is 2. The maximum atomic E-state index is 10.9. The van der Waals surface area contributed by atoms with Gasteiger partial charge in [0.1, 0.15) is 23.6 Å². The molecule has 2 heterocycles. The van der Waals surface area contributed by atoms with Gasteiger partial charge >= 0.3 is 0 Å². The van der Waals surface area contributed by atoms with E-state index >= 15 is 0 Å². The molecule has 0 unspecified atom stereocenters. The van der Waals surface area contributed by atoms with Crippen LogP contribution in [0.3, 0.4) is 0 Å². The minimum atomic E-state index is -0.453. The maximum absolute atomic E-state index is 10.9. The molecule has 0 saturated carbocycles. The summed E-state index contributed by atoms with van der Waals surface area (Å²) in [5.74, 6) is 7.34. The largest absolute Gasteiger partial charge is 0.455 e. The maximum Gasteiger partial charge on any atom is 0.229 e. The summed E-state index contributed by atoms with van der Waals surface area (Å²) in [5.41, 5.74) is 8.50. The summed E-state index contributed by atoms with van der Waals surface area (Å²) in [6.45, 7) is 1.97. The average molecular weight is 409 g/mol. The summed E-state index contributed by atoms with van der Waals surface area (Å²) < 4.78 is 5.89. The number of anilines is 2. The lowest BCUT2D eigenvalue weighted by Gasteiger charge is -2.12. The van der Waals surface area contributed by atoms with Crippen molar-refractivity contribution < 1.29 is 9.53 Å². The van der Waals surface area contributed by atoms with Gasteiger partial charge in [-0.1, -0.05) is 11.8 Å². The number of rotatable bonds is 5. The predicted octanol–water partition coefficient (Wildman–Crippen LogP) is 4.10. The van der Waals surface area contributed by atoms with Gasteiger partial charge in [0.2, 0.25) is 5.91 Å². The molecule has 0 fully saturated rings. The van der Waals surface area contributed by atoms with Crippen molar-refractivity contribution in [3.8, 4) is 23.3 Å². The predicted molar refractivity (Wildman–Crippen MR) is 119 cm³/mol. The van der Waals surface area contributed by atoms with Crippen molar-refractivity contribution in [2.45, 2.75) is 13.3 Å². The van der Waals surface area contributed by atoms with Crippen molar-refractivity contribution in [1.82, 2.24) is 15.0 Å². The molecule has 0 aliphatic carbocycles. The molecule has 3 N–H and O–H groups in total. The Morgan fingerprint density at radius 2 is 2.06 bits per heavy atom. The number of nitrogens with zero attached hydrogens (tertiary/aromatic N) is 3. The summed E-state index contributed by atoms with van der Waals surface area (Å²) in [6.07, 6.45) is 4.90. The van der Waals surface area contributed by atoms with Crippen molar-refractivity contribution in [2.24, 2.45) is 5.73 Å². The number of aromatic nitrogens is 3. The third-order valence-corrected chi connectivity index (χ3v) is 4.43. The minimum Gasteiger partial charge on any atom is -0.455 e. The number of amides is 1. The molecule has 0 radical (unpaired) electrons. The topological polar surface area (TPSA) is 103 Å². The zero-order valence-corrected chi connectivity index (χ0v) is 16.8. The molecule has 7 nitrogen and oxygen atoms in total. The first-order valence-corrected chi connectivity index (χ1v) is 9.56. The molecular formula is C24H19N5O2. The molecule has 0 spiro atoms. The van der Waals surface area contributed by atoms with Gasteiger partial charge in [-0.25, -0.2) is 9.97 Å². The van der Waals surface area contributed by atoms with Crippen LogP contribution in [-0.4, -0.2) is 20.9 Å². The quantitative estimate of drug-likeness (QED) is 0.481. The lowest BCUT2D eigenvalue weighted by molar-refractivity contribution is -0.117. The molecule has 0 aliphatic heterocycles. The fourth-order valence-electron chi connectivity index (χ4n) is 2.98. The van der Waals surface area contributed by atoms with Gasteiger partial charge in [0.25, 0.3) is 0 Å². The van der Waals surface area contributed by atoms with Gasteiger partial charge in [-0.2, -0.15) is 0 Å². The van der Waals surface area contributed by atoms with Crippen molar-refractivity contribution in [3.63, 3.8) is 0 Å². The first kappa shape index (κ1) is 19.9. The number of nitrogens with two attached hydrogens (primary N) is 1. The number of ether oxygens (including phenoxy) is 1. The van der Waals surface area contributed by atoms with Crippen LogP contribution in [0, 0.1) is 18.8 Å². The van der Waals surface area contributed by atoms with E-state index in [1.807, 2.05) is 55.5 Å². The van der Waals surface area contributed by atoms with Gasteiger partial charge in [0, 0.05) is 22.8 Å². The van der Waals surface area contributed by atoms with Gasteiger partial charge in [-0.3, -0.25) is 9.78 Å². The molecular weight excluding hydrogens is 390 g/mol. The fourth-order valence-corrected chi connectivity index (χ4v) is 2.98. The highest BCUT2D eigenvalue weighted by atomic mass is 16.5. The van der Waals surface area contributed by atoms with E-state index in [1.54, 1.807) is 12.4 Å². The Balaban J connectivity index is 1.59. The molecule has 4 rings (SSSR count). The first-order chi connectivity index (χ1) is 15.1. The standard InChI is InChI=1S/C24H19N5O2/c1-16-12-18(8-10-22(16)31-19-5-3-11-26-14-19)29-24-20-13-17(4-2-6-23(25)30)7-9-21(20)27-15-28-24/h3,5,7-15H,6H2,1H3,(H2,25,30)(H,27,28,29). The lowest BCUT2D eigenvalue weighted by Crippen LogP contribution is -2.08. The van der Waals surface area contributed by atoms with Gasteiger partial charge in [0.05, 0.1) is 18.1 Å². The number of aryl methyl sites for hydroxylation is 1. The van der Waals surface area contributed by atoms with Crippen molar-refractivity contribution in [2.75, 3.05) is 5.32 Å². The highest BCUT2D eigenvalue weighted by Gasteiger charge is 2.08. The molecule has 1 amide bonds. The minimum absolute atomic E-state index is 0.0151. The van der Waals surface area contributed by atoms with E-state index < -0.39 is 5.91 Å². The summed E-state index contributed by atoms with van der Waals surface area (Å²) in [4.78, 5) is 23.7. The van der Waals surface area contributed by atoms with Crippen LogP contribution in [0.2, 0.25) is 0 Å². The Hall–Kier alpha value is -4.44. The van der Waals surface area contributed by atoms with Crippen molar-refractivity contribution in [1.29, 1.82) is 0 Å². The second-order valence-corrected chi connectivity index (χ2v) is 6.80. The third-order valence-electron chi connectivity index (χ3n) is 4.43.